The molecule has 1 aliphatic rings. The Kier molecular flexibility index (Phi) is 6.23. The van der Waals surface area contributed by atoms with E-state index in [0.29, 0.717) is 30.4 Å². The van der Waals surface area contributed by atoms with Crippen molar-refractivity contribution in [3.8, 4) is 5.88 Å². The van der Waals surface area contributed by atoms with Crippen LogP contribution in [0.1, 0.15) is 16.1 Å². The van der Waals surface area contributed by atoms with Crippen molar-refractivity contribution in [3.63, 3.8) is 0 Å². The molecule has 1 saturated heterocycles. The van der Waals surface area contributed by atoms with Crippen molar-refractivity contribution < 1.29 is 14.3 Å². The highest BCUT2D eigenvalue weighted by Crippen LogP contribution is 2.22. The van der Waals surface area contributed by atoms with E-state index in [1.165, 1.54) is 7.11 Å². The van der Waals surface area contributed by atoms with Crippen LogP contribution in [0, 0.1) is 6.92 Å². The van der Waals surface area contributed by atoms with Gasteiger partial charge in [-0.1, -0.05) is 0 Å². The van der Waals surface area contributed by atoms with Crippen molar-refractivity contribution >= 4 is 29.0 Å². The van der Waals surface area contributed by atoms with Gasteiger partial charge in [-0.05, 0) is 43.3 Å². The van der Waals surface area contributed by atoms with Crippen LogP contribution < -0.4 is 20.3 Å². The molecule has 0 unspecified atom stereocenters. The van der Waals surface area contributed by atoms with Crippen LogP contribution in [0.3, 0.4) is 0 Å². The first kappa shape index (κ1) is 20.5. The highest BCUT2D eigenvalue weighted by Gasteiger charge is 2.15. The van der Waals surface area contributed by atoms with Gasteiger partial charge in [0.25, 0.3) is 5.91 Å². The Balaban J connectivity index is 1.44. The number of amides is 1. The Hall–Kier alpha value is -3.72. The Morgan fingerprint density at radius 3 is 2.58 bits per heavy atom. The van der Waals surface area contributed by atoms with Gasteiger partial charge < -0.3 is 25.0 Å². The number of carbonyl (C=O) groups excluding carboxylic acids is 1. The summed E-state index contributed by atoms with van der Waals surface area (Å²) in [5.74, 6) is 1.40. The van der Waals surface area contributed by atoms with Crippen LogP contribution >= 0.6 is 0 Å². The van der Waals surface area contributed by atoms with Gasteiger partial charge in [0.2, 0.25) is 11.8 Å². The summed E-state index contributed by atoms with van der Waals surface area (Å²) >= 11 is 0. The summed E-state index contributed by atoms with van der Waals surface area (Å²) in [5, 5.41) is 6.08. The molecule has 2 aromatic heterocycles. The van der Waals surface area contributed by atoms with E-state index in [0.717, 1.165) is 30.3 Å². The van der Waals surface area contributed by atoms with Crippen LogP contribution in [-0.4, -0.2) is 54.3 Å². The zero-order valence-electron chi connectivity index (χ0n) is 17.5. The Morgan fingerprint density at radius 2 is 1.84 bits per heavy atom. The predicted molar refractivity (Wildman–Crippen MR) is 118 cm³/mol. The van der Waals surface area contributed by atoms with E-state index < -0.39 is 0 Å². The number of nitrogens with one attached hydrogen (secondary N) is 2. The Morgan fingerprint density at radius 1 is 1.10 bits per heavy atom. The van der Waals surface area contributed by atoms with Gasteiger partial charge in [0, 0.05) is 42.4 Å². The quantitative estimate of drug-likeness (QED) is 0.628. The number of carbonyl (C=O) groups is 1. The number of ether oxygens (including phenoxy) is 2. The van der Waals surface area contributed by atoms with Crippen molar-refractivity contribution in [1.82, 2.24) is 15.0 Å². The largest absolute Gasteiger partial charge is 0.480 e. The number of anilines is 4. The molecule has 31 heavy (non-hydrogen) atoms. The van der Waals surface area contributed by atoms with Crippen molar-refractivity contribution in [3.05, 3.63) is 59.9 Å². The lowest BCUT2D eigenvalue weighted by molar-refractivity contribution is 0.102. The van der Waals surface area contributed by atoms with Crippen LogP contribution in [0.5, 0.6) is 5.88 Å². The fourth-order valence-corrected chi connectivity index (χ4v) is 3.25. The van der Waals surface area contributed by atoms with Gasteiger partial charge in [-0.25, -0.2) is 9.97 Å². The highest BCUT2D eigenvalue weighted by atomic mass is 16.5. The number of hydrogen-bond donors (Lipinski definition) is 2. The van der Waals surface area contributed by atoms with Gasteiger partial charge in [-0.3, -0.25) is 4.79 Å². The molecule has 0 aliphatic carbocycles. The molecule has 9 nitrogen and oxygen atoms in total. The van der Waals surface area contributed by atoms with Crippen LogP contribution in [0.4, 0.5) is 23.1 Å². The van der Waals surface area contributed by atoms with E-state index in [9.17, 15) is 4.79 Å². The SMILES string of the molecule is COc1ncccc1C(=O)Nc1ccc(Nc2nc(C)cc(N3CCOCC3)n2)cc1. The number of nitrogens with zero attached hydrogens (tertiary/aromatic N) is 4. The number of pyridine rings is 1. The summed E-state index contributed by atoms with van der Waals surface area (Å²) in [6, 6.07) is 12.7. The summed E-state index contributed by atoms with van der Waals surface area (Å²) in [6.07, 6.45) is 1.58. The zero-order valence-corrected chi connectivity index (χ0v) is 17.5. The molecule has 3 heterocycles. The molecular weight excluding hydrogens is 396 g/mol. The first-order valence-electron chi connectivity index (χ1n) is 9.98. The summed E-state index contributed by atoms with van der Waals surface area (Å²) in [5.41, 5.74) is 2.72. The number of benzene rings is 1. The van der Waals surface area contributed by atoms with E-state index in [2.05, 4.69) is 30.5 Å². The zero-order chi connectivity index (χ0) is 21.6. The average molecular weight is 420 g/mol. The lowest BCUT2D eigenvalue weighted by Gasteiger charge is -2.28. The number of hydrogen-bond acceptors (Lipinski definition) is 8. The summed E-state index contributed by atoms with van der Waals surface area (Å²) in [6.45, 7) is 4.97. The molecule has 0 saturated carbocycles. The van der Waals surface area contributed by atoms with E-state index in [4.69, 9.17) is 9.47 Å². The third-order valence-electron chi connectivity index (χ3n) is 4.78. The molecule has 0 bridgehead atoms. The van der Waals surface area contributed by atoms with E-state index >= 15 is 0 Å². The third kappa shape index (κ3) is 5.07. The normalized spacial score (nSPS) is 13.5. The number of morpholine rings is 1. The fourth-order valence-electron chi connectivity index (χ4n) is 3.25. The Labute approximate surface area is 180 Å². The van der Waals surface area contributed by atoms with E-state index in [-0.39, 0.29) is 11.8 Å². The fraction of sp³-hybridized carbons (Fsp3) is 0.273. The number of aromatic nitrogens is 3. The van der Waals surface area contributed by atoms with E-state index in [1.807, 2.05) is 37.3 Å². The maximum absolute atomic E-state index is 12.5. The molecule has 0 spiro atoms. The van der Waals surface area contributed by atoms with Gasteiger partial charge >= 0.3 is 0 Å². The molecule has 160 valence electrons. The van der Waals surface area contributed by atoms with Gasteiger partial charge in [0.05, 0.1) is 20.3 Å². The van der Waals surface area contributed by atoms with Crippen LogP contribution in [0.25, 0.3) is 0 Å². The molecule has 9 heteroatoms. The van der Waals surface area contributed by atoms with Gasteiger partial charge in [-0.2, -0.15) is 4.98 Å². The van der Waals surface area contributed by atoms with Gasteiger partial charge in [-0.15, -0.1) is 0 Å². The molecule has 1 amide bonds. The lowest BCUT2D eigenvalue weighted by Crippen LogP contribution is -2.36. The predicted octanol–water partition coefficient (Wildman–Crippen LogP) is 3.02. The van der Waals surface area contributed by atoms with Crippen molar-refractivity contribution in [2.45, 2.75) is 6.92 Å². The molecule has 4 rings (SSSR count). The van der Waals surface area contributed by atoms with Crippen molar-refractivity contribution in [1.29, 1.82) is 0 Å². The molecule has 1 aliphatic heterocycles. The van der Waals surface area contributed by atoms with Crippen LogP contribution in [0.15, 0.2) is 48.7 Å². The topological polar surface area (TPSA) is 102 Å². The maximum Gasteiger partial charge on any atom is 0.261 e. The maximum atomic E-state index is 12.5. The summed E-state index contributed by atoms with van der Waals surface area (Å²) in [7, 11) is 1.48. The minimum atomic E-state index is -0.289. The first-order chi connectivity index (χ1) is 15.1. The first-order valence-corrected chi connectivity index (χ1v) is 9.98. The van der Waals surface area contributed by atoms with Crippen molar-refractivity contribution in [2.24, 2.45) is 0 Å². The van der Waals surface area contributed by atoms with E-state index in [1.54, 1.807) is 18.3 Å². The monoisotopic (exact) mass is 420 g/mol. The second-order valence-corrected chi connectivity index (χ2v) is 7.01. The third-order valence-corrected chi connectivity index (χ3v) is 4.78. The average Bonchev–Trinajstić information content (AvgIpc) is 2.80. The Bertz CT molecular complexity index is 1050. The molecule has 2 N–H and O–H groups in total. The smallest absolute Gasteiger partial charge is 0.261 e. The van der Waals surface area contributed by atoms with Gasteiger partial charge in [0.15, 0.2) is 0 Å². The molecule has 0 radical (unpaired) electrons. The highest BCUT2D eigenvalue weighted by molar-refractivity contribution is 6.05. The number of aryl methyl sites for hydroxylation is 1. The van der Waals surface area contributed by atoms with Crippen LogP contribution in [0.2, 0.25) is 0 Å². The standard InChI is InChI=1S/C22H24N6O3/c1-15-14-19(28-10-12-31-13-11-28)27-22(24-15)26-17-7-5-16(6-8-17)25-20(29)18-4-3-9-23-21(18)30-2/h3-9,14H,10-13H2,1-2H3,(H,25,29)(H,24,26,27). The summed E-state index contributed by atoms with van der Waals surface area (Å²) < 4.78 is 10.6. The van der Waals surface area contributed by atoms with Gasteiger partial charge in [0.1, 0.15) is 11.4 Å². The van der Waals surface area contributed by atoms with Crippen molar-refractivity contribution in [2.75, 3.05) is 48.9 Å². The summed E-state index contributed by atoms with van der Waals surface area (Å²) in [4.78, 5) is 27.9. The second-order valence-electron chi connectivity index (χ2n) is 7.01. The minimum absolute atomic E-state index is 0.283. The molecular formula is C22H24N6O3. The molecule has 0 atom stereocenters. The second kappa shape index (κ2) is 9.40. The molecule has 1 aromatic carbocycles. The molecule has 3 aromatic rings. The molecule has 1 fully saturated rings. The minimum Gasteiger partial charge on any atom is -0.480 e. The number of methoxy groups -OCH3 is 1. The lowest BCUT2D eigenvalue weighted by atomic mass is 10.2. The number of rotatable bonds is 6. The van der Waals surface area contributed by atoms with Crippen LogP contribution in [-0.2, 0) is 4.74 Å².